The minimum atomic E-state index is -1.62. The number of fused-ring (bicyclic) bond motifs is 1. The van der Waals surface area contributed by atoms with Crippen LogP contribution in [0.25, 0.3) is 0 Å². The zero-order chi connectivity index (χ0) is 23.7. The van der Waals surface area contributed by atoms with Crippen LogP contribution >= 0.6 is 0 Å². The summed E-state index contributed by atoms with van der Waals surface area (Å²) in [7, 11) is 0. The molecule has 0 spiro atoms. The molecule has 0 saturated heterocycles. The van der Waals surface area contributed by atoms with E-state index < -0.39 is 23.5 Å². The standard InChI is InChI=1S/C27H42O5/c1-7-21-12-13-22-19(9-8-14-26(21,22)6)10-11-20-15-27(30,16-23(28)18(20)2)31-17-24(29)32-25(3,4)5/h10-11,21-23,28,30H,2,7-9,12-17H2,1,3-6H3/t21-,22-,23-,26+,27-/m0/s1. The summed E-state index contributed by atoms with van der Waals surface area (Å²) < 4.78 is 10.8. The van der Waals surface area contributed by atoms with Crippen molar-refractivity contribution in [3.05, 3.63) is 35.5 Å². The van der Waals surface area contributed by atoms with E-state index in [-0.39, 0.29) is 19.4 Å². The van der Waals surface area contributed by atoms with Crippen molar-refractivity contribution < 1.29 is 24.5 Å². The number of allylic oxidation sites excluding steroid dienone is 3. The summed E-state index contributed by atoms with van der Waals surface area (Å²) in [5.74, 6) is -0.752. The third kappa shape index (κ3) is 5.55. The van der Waals surface area contributed by atoms with Crippen molar-refractivity contribution in [1.29, 1.82) is 0 Å². The van der Waals surface area contributed by atoms with Crippen LogP contribution in [0.3, 0.4) is 0 Å². The number of ether oxygens (including phenoxy) is 2. The van der Waals surface area contributed by atoms with Gasteiger partial charge in [-0.25, -0.2) is 4.79 Å². The molecular weight excluding hydrogens is 404 g/mol. The lowest BCUT2D eigenvalue weighted by Gasteiger charge is -2.42. The maximum Gasteiger partial charge on any atom is 0.332 e. The molecule has 0 amide bonds. The number of rotatable bonds is 5. The van der Waals surface area contributed by atoms with E-state index in [2.05, 4.69) is 26.5 Å². The molecule has 0 heterocycles. The van der Waals surface area contributed by atoms with E-state index in [0.717, 1.165) is 17.9 Å². The SMILES string of the molecule is C=C1C(=CC=C2CCC[C@]3(C)[C@@H](CC)CC[C@@H]23)C[C@](O)(OCC(=O)OC(C)(C)C)C[C@@H]1O. The van der Waals surface area contributed by atoms with Crippen molar-refractivity contribution in [1.82, 2.24) is 0 Å². The smallest absolute Gasteiger partial charge is 0.332 e. The molecule has 3 fully saturated rings. The van der Waals surface area contributed by atoms with E-state index in [1.807, 2.05) is 6.08 Å². The maximum atomic E-state index is 12.0. The molecule has 2 N–H and O–H groups in total. The second-order valence-corrected chi connectivity index (χ2v) is 11.3. The summed E-state index contributed by atoms with van der Waals surface area (Å²) in [6, 6.07) is 0. The Morgan fingerprint density at radius 2 is 2.00 bits per heavy atom. The third-order valence-corrected chi connectivity index (χ3v) is 7.82. The lowest BCUT2D eigenvalue weighted by molar-refractivity contribution is -0.228. The van der Waals surface area contributed by atoms with Gasteiger partial charge in [-0.2, -0.15) is 0 Å². The third-order valence-electron chi connectivity index (χ3n) is 7.82. The first-order chi connectivity index (χ1) is 14.9. The van der Waals surface area contributed by atoms with Crippen LogP contribution in [0.1, 0.15) is 86.0 Å². The zero-order valence-electron chi connectivity index (χ0n) is 20.6. The highest BCUT2D eigenvalue weighted by Crippen LogP contribution is 2.58. The molecule has 0 aromatic rings. The van der Waals surface area contributed by atoms with E-state index in [4.69, 9.17) is 9.47 Å². The average molecular weight is 447 g/mol. The number of hydrogen-bond donors (Lipinski definition) is 2. The molecule has 3 aliphatic carbocycles. The summed E-state index contributed by atoms with van der Waals surface area (Å²) in [4.78, 5) is 12.0. The number of hydrogen-bond acceptors (Lipinski definition) is 5. The molecule has 5 atom stereocenters. The van der Waals surface area contributed by atoms with Crippen molar-refractivity contribution >= 4 is 5.97 Å². The predicted molar refractivity (Wildman–Crippen MR) is 126 cm³/mol. The Morgan fingerprint density at radius 1 is 1.28 bits per heavy atom. The van der Waals surface area contributed by atoms with Crippen molar-refractivity contribution in [2.75, 3.05) is 6.61 Å². The highest BCUT2D eigenvalue weighted by atomic mass is 16.6. The van der Waals surface area contributed by atoms with Crippen molar-refractivity contribution in [2.45, 2.75) is 103 Å². The van der Waals surface area contributed by atoms with E-state index in [0.29, 0.717) is 16.9 Å². The van der Waals surface area contributed by atoms with E-state index in [1.165, 1.54) is 37.7 Å². The second kappa shape index (κ2) is 9.44. The molecule has 180 valence electrons. The Balaban J connectivity index is 1.73. The second-order valence-electron chi connectivity index (χ2n) is 11.3. The Bertz CT molecular complexity index is 788. The fraction of sp³-hybridized carbons (Fsp3) is 0.741. The molecular formula is C27H42O5. The first-order valence-electron chi connectivity index (χ1n) is 12.2. The van der Waals surface area contributed by atoms with Gasteiger partial charge in [-0.1, -0.05) is 44.6 Å². The van der Waals surface area contributed by atoms with Crippen molar-refractivity contribution in [3.63, 3.8) is 0 Å². The van der Waals surface area contributed by atoms with Gasteiger partial charge in [0.05, 0.1) is 6.10 Å². The Labute approximate surface area is 193 Å². The van der Waals surface area contributed by atoms with Gasteiger partial charge in [0.2, 0.25) is 0 Å². The molecule has 5 nitrogen and oxygen atoms in total. The van der Waals surface area contributed by atoms with Gasteiger partial charge in [0, 0.05) is 12.8 Å². The van der Waals surface area contributed by atoms with Gasteiger partial charge in [0.1, 0.15) is 12.2 Å². The minimum absolute atomic E-state index is 0.0125. The predicted octanol–water partition coefficient (Wildman–Crippen LogP) is 5.22. The van der Waals surface area contributed by atoms with Crippen LogP contribution in [-0.2, 0) is 14.3 Å². The fourth-order valence-electron chi connectivity index (χ4n) is 6.19. The summed E-state index contributed by atoms with van der Waals surface area (Å²) in [5.41, 5.74) is 2.64. The first-order valence-corrected chi connectivity index (χ1v) is 12.2. The summed E-state index contributed by atoms with van der Waals surface area (Å²) in [6.07, 6.45) is 10.9. The molecule has 3 aliphatic rings. The summed E-state index contributed by atoms with van der Waals surface area (Å²) in [6.45, 7) is 13.8. The van der Waals surface area contributed by atoms with Crippen LogP contribution < -0.4 is 0 Å². The summed E-state index contributed by atoms with van der Waals surface area (Å²) in [5, 5.41) is 21.5. The topological polar surface area (TPSA) is 76.0 Å². The number of aliphatic hydroxyl groups is 2. The van der Waals surface area contributed by atoms with Gasteiger partial charge < -0.3 is 19.7 Å². The lowest BCUT2D eigenvalue weighted by Crippen LogP contribution is -2.43. The minimum Gasteiger partial charge on any atom is -0.458 e. The van der Waals surface area contributed by atoms with Crippen LogP contribution in [0.5, 0.6) is 0 Å². The Hall–Kier alpha value is -1.43. The number of esters is 1. The van der Waals surface area contributed by atoms with Crippen molar-refractivity contribution in [2.24, 2.45) is 17.3 Å². The molecule has 0 aromatic heterocycles. The summed E-state index contributed by atoms with van der Waals surface area (Å²) >= 11 is 0. The van der Waals surface area contributed by atoms with Gasteiger partial charge >= 0.3 is 5.97 Å². The highest BCUT2D eigenvalue weighted by molar-refractivity contribution is 5.71. The maximum absolute atomic E-state index is 12.0. The number of carbonyl (C=O) groups is 1. The van der Waals surface area contributed by atoms with E-state index in [9.17, 15) is 15.0 Å². The molecule has 0 unspecified atom stereocenters. The zero-order valence-corrected chi connectivity index (χ0v) is 20.6. The Morgan fingerprint density at radius 3 is 2.66 bits per heavy atom. The van der Waals surface area contributed by atoms with Gasteiger partial charge in [-0.15, -0.1) is 0 Å². The van der Waals surface area contributed by atoms with E-state index in [1.54, 1.807) is 20.8 Å². The highest BCUT2D eigenvalue weighted by Gasteiger charge is 2.48. The molecule has 3 saturated carbocycles. The van der Waals surface area contributed by atoms with Crippen LogP contribution in [0.15, 0.2) is 35.5 Å². The van der Waals surface area contributed by atoms with Crippen LogP contribution in [0, 0.1) is 17.3 Å². The molecule has 5 heteroatoms. The molecule has 0 bridgehead atoms. The van der Waals surface area contributed by atoms with Crippen LogP contribution in [0.2, 0.25) is 0 Å². The Kier molecular flexibility index (Phi) is 7.43. The van der Waals surface area contributed by atoms with Crippen LogP contribution in [0.4, 0.5) is 0 Å². The molecule has 0 radical (unpaired) electrons. The molecule has 3 rings (SSSR count). The fourth-order valence-corrected chi connectivity index (χ4v) is 6.19. The molecule has 32 heavy (non-hydrogen) atoms. The van der Waals surface area contributed by atoms with E-state index >= 15 is 0 Å². The first kappa shape index (κ1) is 25.2. The monoisotopic (exact) mass is 446 g/mol. The normalized spacial score (nSPS) is 38.2. The van der Waals surface area contributed by atoms with Crippen LogP contribution in [-0.4, -0.2) is 40.3 Å². The van der Waals surface area contributed by atoms with Gasteiger partial charge in [-0.3, -0.25) is 0 Å². The molecule has 0 aliphatic heterocycles. The number of aliphatic hydroxyl groups excluding tert-OH is 1. The van der Waals surface area contributed by atoms with Gasteiger partial charge in [0.15, 0.2) is 5.79 Å². The largest absolute Gasteiger partial charge is 0.458 e. The number of carbonyl (C=O) groups excluding carboxylic acids is 1. The van der Waals surface area contributed by atoms with Gasteiger partial charge in [-0.05, 0) is 81.3 Å². The lowest BCUT2D eigenvalue weighted by atomic mass is 9.63. The van der Waals surface area contributed by atoms with Crippen molar-refractivity contribution in [3.8, 4) is 0 Å². The molecule has 0 aromatic carbocycles. The van der Waals surface area contributed by atoms with Gasteiger partial charge in [0.25, 0.3) is 0 Å². The quantitative estimate of drug-likeness (QED) is 0.447. The average Bonchev–Trinajstić information content (AvgIpc) is 3.03.